The number of pyridine rings is 1. The molecule has 0 radical (unpaired) electrons. The van der Waals surface area contributed by atoms with Gasteiger partial charge in [-0.05, 0) is 48.7 Å². The third kappa shape index (κ3) is 3.21. The van der Waals surface area contributed by atoms with Crippen molar-refractivity contribution in [3.05, 3.63) is 71.3 Å². The fraction of sp³-hybridized carbons (Fsp3) is 0.200. The second kappa shape index (κ2) is 6.92. The van der Waals surface area contributed by atoms with Crippen molar-refractivity contribution < 1.29 is 4.79 Å². The molecule has 27 heavy (non-hydrogen) atoms. The maximum atomic E-state index is 13.3. The van der Waals surface area contributed by atoms with Gasteiger partial charge in [0.25, 0.3) is 5.91 Å². The van der Waals surface area contributed by atoms with Crippen molar-refractivity contribution in [2.24, 2.45) is 7.05 Å². The van der Waals surface area contributed by atoms with Crippen molar-refractivity contribution in [2.75, 3.05) is 4.90 Å². The van der Waals surface area contributed by atoms with E-state index in [1.165, 1.54) is 16.9 Å². The first-order valence-electron chi connectivity index (χ1n) is 8.60. The van der Waals surface area contributed by atoms with Gasteiger partial charge in [-0.25, -0.2) is 4.98 Å². The summed E-state index contributed by atoms with van der Waals surface area (Å²) < 4.78 is 2.66. The summed E-state index contributed by atoms with van der Waals surface area (Å²) in [6.45, 7) is 4.53. The highest BCUT2D eigenvalue weighted by Crippen LogP contribution is 2.33. The van der Waals surface area contributed by atoms with E-state index in [9.17, 15) is 4.79 Å². The Morgan fingerprint density at radius 1 is 1.19 bits per heavy atom. The number of amides is 1. The highest BCUT2D eigenvalue weighted by Gasteiger charge is 2.24. The largest absolute Gasteiger partial charge is 0.278 e. The third-order valence-corrected chi connectivity index (χ3v) is 5.70. The molecule has 7 heteroatoms. The molecule has 0 aliphatic heterocycles. The van der Waals surface area contributed by atoms with Gasteiger partial charge in [0.05, 0.1) is 16.8 Å². The van der Waals surface area contributed by atoms with Crippen LogP contribution in [0.5, 0.6) is 0 Å². The van der Waals surface area contributed by atoms with E-state index in [4.69, 9.17) is 4.98 Å². The van der Waals surface area contributed by atoms with Gasteiger partial charge in [-0.1, -0.05) is 23.5 Å². The zero-order valence-corrected chi connectivity index (χ0v) is 16.2. The molecule has 1 amide bonds. The van der Waals surface area contributed by atoms with Crippen molar-refractivity contribution in [3.8, 4) is 0 Å². The predicted molar refractivity (Wildman–Crippen MR) is 107 cm³/mol. The number of hydrogen-bond acceptors (Lipinski definition) is 5. The summed E-state index contributed by atoms with van der Waals surface area (Å²) in [5.74, 6) is -0.132. The van der Waals surface area contributed by atoms with Gasteiger partial charge in [0, 0.05) is 25.6 Å². The van der Waals surface area contributed by atoms with Crippen LogP contribution >= 0.6 is 11.3 Å². The Morgan fingerprint density at radius 2 is 2.04 bits per heavy atom. The highest BCUT2D eigenvalue weighted by molar-refractivity contribution is 7.22. The van der Waals surface area contributed by atoms with Crippen molar-refractivity contribution in [1.29, 1.82) is 0 Å². The normalized spacial score (nSPS) is 11.1. The van der Waals surface area contributed by atoms with Crippen LogP contribution in [0.1, 0.15) is 27.2 Å². The molecule has 0 aliphatic carbocycles. The Balaban J connectivity index is 1.81. The number of anilines is 1. The zero-order chi connectivity index (χ0) is 19.0. The number of hydrogen-bond donors (Lipinski definition) is 0. The summed E-state index contributed by atoms with van der Waals surface area (Å²) in [6.07, 6.45) is 5.12. The fourth-order valence-corrected chi connectivity index (χ4v) is 3.98. The Kier molecular flexibility index (Phi) is 4.45. The average molecular weight is 377 g/mol. The summed E-state index contributed by atoms with van der Waals surface area (Å²) in [6, 6.07) is 9.71. The summed E-state index contributed by atoms with van der Waals surface area (Å²) in [5, 5.41) is 4.80. The Hall–Kier alpha value is -3.06. The van der Waals surface area contributed by atoms with Gasteiger partial charge in [0.15, 0.2) is 5.13 Å². The molecule has 6 nitrogen and oxygen atoms in total. The van der Waals surface area contributed by atoms with Gasteiger partial charge in [-0.2, -0.15) is 5.10 Å². The Bertz CT molecular complexity index is 1120. The van der Waals surface area contributed by atoms with Crippen molar-refractivity contribution in [1.82, 2.24) is 19.7 Å². The lowest BCUT2D eigenvalue weighted by atomic mass is 10.1. The van der Waals surface area contributed by atoms with Gasteiger partial charge in [-0.15, -0.1) is 0 Å². The second-order valence-electron chi connectivity index (χ2n) is 6.44. The van der Waals surface area contributed by atoms with Crippen LogP contribution in [-0.2, 0) is 13.6 Å². The predicted octanol–water partition coefficient (Wildman–Crippen LogP) is 3.89. The zero-order valence-electron chi connectivity index (χ0n) is 15.4. The van der Waals surface area contributed by atoms with Crippen LogP contribution in [0, 0.1) is 13.8 Å². The number of carbonyl (C=O) groups is 1. The molecule has 0 spiro atoms. The minimum absolute atomic E-state index is 0.132. The molecule has 0 saturated carbocycles. The Labute approximate surface area is 161 Å². The Morgan fingerprint density at radius 3 is 2.74 bits per heavy atom. The standard InChI is InChI=1S/C20H19N5OS/c1-13-6-7-17-18(14(13)2)23-20(27-17)25(12-15-5-4-9-21-11-15)19(26)16-8-10-22-24(16)3/h4-11H,12H2,1-3H3. The van der Waals surface area contributed by atoms with E-state index in [-0.39, 0.29) is 5.91 Å². The molecular weight excluding hydrogens is 358 g/mol. The smallest absolute Gasteiger partial charge is 0.278 e. The highest BCUT2D eigenvalue weighted by atomic mass is 32.1. The fourth-order valence-electron chi connectivity index (χ4n) is 2.95. The molecule has 0 atom stereocenters. The molecule has 1 aromatic carbocycles. The third-order valence-electron chi connectivity index (χ3n) is 4.65. The van der Waals surface area contributed by atoms with Crippen LogP contribution in [0.15, 0.2) is 48.9 Å². The van der Waals surface area contributed by atoms with E-state index in [0.717, 1.165) is 21.3 Å². The minimum atomic E-state index is -0.132. The first-order valence-corrected chi connectivity index (χ1v) is 9.42. The lowest BCUT2D eigenvalue weighted by molar-refractivity contribution is 0.0976. The number of carbonyl (C=O) groups excluding carboxylic acids is 1. The van der Waals surface area contributed by atoms with Crippen molar-refractivity contribution in [3.63, 3.8) is 0 Å². The second-order valence-corrected chi connectivity index (χ2v) is 7.45. The molecule has 0 aliphatic rings. The molecular formula is C20H19N5OS. The maximum absolute atomic E-state index is 13.3. The van der Waals surface area contributed by atoms with Crippen LogP contribution < -0.4 is 4.90 Å². The van der Waals surface area contributed by atoms with E-state index in [0.29, 0.717) is 17.4 Å². The maximum Gasteiger partial charge on any atom is 0.278 e. The van der Waals surface area contributed by atoms with Gasteiger partial charge < -0.3 is 0 Å². The van der Waals surface area contributed by atoms with Gasteiger partial charge in [0.1, 0.15) is 5.69 Å². The molecule has 0 saturated heterocycles. The molecule has 4 rings (SSSR count). The molecule has 0 N–H and O–H groups in total. The van der Waals surface area contributed by atoms with Gasteiger partial charge in [-0.3, -0.25) is 19.4 Å². The number of aryl methyl sites for hydroxylation is 3. The van der Waals surface area contributed by atoms with E-state index in [1.807, 2.05) is 12.1 Å². The molecule has 0 fully saturated rings. The van der Waals surface area contributed by atoms with E-state index in [2.05, 4.69) is 36.1 Å². The molecule has 4 aromatic rings. The lowest BCUT2D eigenvalue weighted by Crippen LogP contribution is -2.31. The monoisotopic (exact) mass is 377 g/mol. The van der Waals surface area contributed by atoms with Gasteiger partial charge in [0.2, 0.25) is 0 Å². The summed E-state index contributed by atoms with van der Waals surface area (Å²) >= 11 is 1.52. The van der Waals surface area contributed by atoms with Crippen molar-refractivity contribution in [2.45, 2.75) is 20.4 Å². The number of benzene rings is 1. The quantitative estimate of drug-likeness (QED) is 0.541. The van der Waals surface area contributed by atoms with Crippen LogP contribution in [0.3, 0.4) is 0 Å². The summed E-state index contributed by atoms with van der Waals surface area (Å²) in [7, 11) is 1.77. The molecule has 0 unspecified atom stereocenters. The SMILES string of the molecule is Cc1ccc2sc(N(Cc3cccnc3)C(=O)c3ccnn3C)nc2c1C. The van der Waals surface area contributed by atoms with E-state index in [1.54, 1.807) is 41.3 Å². The molecule has 136 valence electrons. The number of nitrogens with zero attached hydrogens (tertiary/aromatic N) is 5. The first kappa shape index (κ1) is 17.4. The summed E-state index contributed by atoms with van der Waals surface area (Å²) in [4.78, 5) is 23.9. The van der Waals surface area contributed by atoms with Crippen LogP contribution in [0.2, 0.25) is 0 Å². The first-order chi connectivity index (χ1) is 13.0. The summed E-state index contributed by atoms with van der Waals surface area (Å²) in [5.41, 5.74) is 4.75. The van der Waals surface area contributed by atoms with E-state index >= 15 is 0 Å². The number of rotatable bonds is 4. The van der Waals surface area contributed by atoms with Crippen LogP contribution in [0.25, 0.3) is 10.2 Å². The molecule has 3 heterocycles. The lowest BCUT2D eigenvalue weighted by Gasteiger charge is -2.19. The van der Waals surface area contributed by atoms with E-state index < -0.39 is 0 Å². The van der Waals surface area contributed by atoms with Crippen LogP contribution in [-0.4, -0.2) is 25.7 Å². The topological polar surface area (TPSA) is 63.9 Å². The number of fused-ring (bicyclic) bond motifs is 1. The van der Waals surface area contributed by atoms with Crippen molar-refractivity contribution >= 4 is 32.6 Å². The average Bonchev–Trinajstić information content (AvgIpc) is 3.30. The molecule has 0 bridgehead atoms. The minimum Gasteiger partial charge on any atom is -0.278 e. The van der Waals surface area contributed by atoms with Gasteiger partial charge >= 0.3 is 0 Å². The number of thiazole rings is 1. The number of aromatic nitrogens is 4. The molecule has 3 aromatic heterocycles. The van der Waals surface area contributed by atoms with Crippen LogP contribution in [0.4, 0.5) is 5.13 Å².